The van der Waals surface area contributed by atoms with Crippen molar-refractivity contribution in [3.8, 4) is 17.0 Å². The van der Waals surface area contributed by atoms with E-state index in [-0.39, 0.29) is 31.0 Å². The van der Waals surface area contributed by atoms with Gasteiger partial charge in [0.05, 0.1) is 24.0 Å². The molecule has 40 heavy (non-hydrogen) atoms. The number of nitrogens with two attached hydrogens (primary N) is 1. The zero-order chi connectivity index (χ0) is 29.3. The molecule has 1 aromatic heterocycles. The third-order valence-corrected chi connectivity index (χ3v) is 7.66. The first-order chi connectivity index (χ1) is 18.7. The number of hydrogen-bond donors (Lipinski definition) is 1. The Morgan fingerprint density at radius 1 is 1.10 bits per heavy atom. The van der Waals surface area contributed by atoms with Gasteiger partial charge in [0.15, 0.2) is 0 Å². The van der Waals surface area contributed by atoms with E-state index in [9.17, 15) is 35.9 Å². The van der Waals surface area contributed by atoms with E-state index in [2.05, 4.69) is 4.98 Å². The summed E-state index contributed by atoms with van der Waals surface area (Å²) in [7, 11) is 0. The fraction of sp³-hybridized carbons (Fsp3) is 0.519. The quantitative estimate of drug-likeness (QED) is 0.460. The van der Waals surface area contributed by atoms with Gasteiger partial charge in [0.2, 0.25) is 5.91 Å². The maximum Gasteiger partial charge on any atom is 0.454 e. The van der Waals surface area contributed by atoms with Gasteiger partial charge in [-0.25, -0.2) is 4.39 Å². The number of piperidine rings is 1. The Kier molecular flexibility index (Phi) is 8.34. The molecule has 2 aliphatic rings. The number of halogens is 6. The molecular formula is C27H30F6N4O3. The Bertz CT molecular complexity index is 1240. The second kappa shape index (κ2) is 11.3. The van der Waals surface area contributed by atoms with Crippen molar-refractivity contribution in [2.24, 2.45) is 5.73 Å². The molecule has 0 aliphatic carbocycles. The van der Waals surface area contributed by atoms with Gasteiger partial charge in [-0.2, -0.15) is 22.0 Å². The molecular weight excluding hydrogens is 542 g/mol. The molecule has 3 heterocycles. The zero-order valence-electron chi connectivity index (χ0n) is 21.8. The van der Waals surface area contributed by atoms with E-state index < -0.39 is 47.9 Å². The molecule has 13 heteroatoms. The van der Waals surface area contributed by atoms with Gasteiger partial charge in [-0.15, -0.1) is 0 Å². The van der Waals surface area contributed by atoms with Gasteiger partial charge in [-0.3, -0.25) is 19.5 Å². The molecule has 0 saturated carbocycles. The number of alkyl halides is 5. The summed E-state index contributed by atoms with van der Waals surface area (Å²) < 4.78 is 85.9. The van der Waals surface area contributed by atoms with Crippen LogP contribution in [0.25, 0.3) is 11.3 Å². The van der Waals surface area contributed by atoms with Crippen molar-refractivity contribution < 1.29 is 40.7 Å². The second-order valence-corrected chi connectivity index (χ2v) is 10.4. The van der Waals surface area contributed by atoms with E-state index in [1.54, 1.807) is 6.92 Å². The number of rotatable bonds is 8. The van der Waals surface area contributed by atoms with Gasteiger partial charge in [0.25, 0.3) is 5.91 Å². The molecule has 7 nitrogen and oxygen atoms in total. The minimum atomic E-state index is -5.63. The Labute approximate surface area is 227 Å². The summed E-state index contributed by atoms with van der Waals surface area (Å²) in [5.41, 5.74) is 4.82. The lowest BCUT2D eigenvalue weighted by atomic mass is 9.97. The van der Waals surface area contributed by atoms with Crippen molar-refractivity contribution in [1.82, 2.24) is 14.8 Å². The minimum absolute atomic E-state index is 0.0961. The van der Waals surface area contributed by atoms with Crippen LogP contribution >= 0.6 is 0 Å². The molecule has 0 radical (unpaired) electrons. The molecule has 2 N–H and O–H groups in total. The molecule has 0 bridgehead atoms. The summed E-state index contributed by atoms with van der Waals surface area (Å²) >= 11 is 0. The predicted molar refractivity (Wildman–Crippen MR) is 133 cm³/mol. The molecule has 0 spiro atoms. The van der Waals surface area contributed by atoms with E-state index in [4.69, 9.17) is 10.5 Å². The summed E-state index contributed by atoms with van der Waals surface area (Å²) in [5.74, 6) is -6.64. The average Bonchev–Trinajstić information content (AvgIpc) is 3.30. The van der Waals surface area contributed by atoms with E-state index in [0.29, 0.717) is 43.4 Å². The molecule has 2 atom stereocenters. The number of benzene rings is 1. The first kappa shape index (κ1) is 29.6. The number of amides is 2. The van der Waals surface area contributed by atoms with Crippen LogP contribution in [0.4, 0.5) is 26.3 Å². The van der Waals surface area contributed by atoms with Crippen molar-refractivity contribution >= 4 is 11.8 Å². The summed E-state index contributed by atoms with van der Waals surface area (Å²) in [4.78, 5) is 31.5. The van der Waals surface area contributed by atoms with Gasteiger partial charge >= 0.3 is 12.1 Å². The Balaban J connectivity index is 1.40. The third kappa shape index (κ3) is 6.03. The lowest BCUT2D eigenvalue weighted by Gasteiger charge is -2.37. The molecule has 2 aromatic rings. The van der Waals surface area contributed by atoms with Crippen molar-refractivity contribution in [2.45, 2.75) is 62.7 Å². The maximum atomic E-state index is 15.0. The fourth-order valence-corrected chi connectivity index (χ4v) is 5.17. The number of carbonyl (C=O) groups excluding carboxylic acids is 2. The monoisotopic (exact) mass is 572 g/mol. The van der Waals surface area contributed by atoms with Crippen LogP contribution in [0.1, 0.15) is 49.4 Å². The third-order valence-electron chi connectivity index (χ3n) is 7.66. The number of hydrogen-bond acceptors (Lipinski definition) is 5. The largest absolute Gasteiger partial charge is 0.490 e. The Hall–Kier alpha value is -3.35. The SMILES string of the molecule is C[C@@]1(C(N)=O)CCCN1C(=O)c1ccc(-c2ccc(OCC3CCCCN3CC(F)(F)C(F)(F)F)cn2)cc1F. The molecule has 2 amide bonds. The molecule has 2 aliphatic heterocycles. The lowest BCUT2D eigenvalue weighted by Crippen LogP contribution is -2.54. The number of primary amides is 1. The molecule has 218 valence electrons. The highest BCUT2D eigenvalue weighted by Crippen LogP contribution is 2.37. The number of pyridine rings is 1. The van der Waals surface area contributed by atoms with Crippen molar-refractivity contribution in [3.05, 3.63) is 47.9 Å². The fourth-order valence-electron chi connectivity index (χ4n) is 5.17. The van der Waals surface area contributed by atoms with Crippen LogP contribution in [-0.4, -0.2) is 76.5 Å². The van der Waals surface area contributed by atoms with Crippen LogP contribution in [-0.2, 0) is 4.79 Å². The molecule has 2 fully saturated rings. The summed E-state index contributed by atoms with van der Waals surface area (Å²) in [6.45, 7) is 0.433. The minimum Gasteiger partial charge on any atom is -0.490 e. The topological polar surface area (TPSA) is 88.8 Å². The van der Waals surface area contributed by atoms with Crippen LogP contribution in [0, 0.1) is 5.82 Å². The van der Waals surface area contributed by atoms with Crippen LogP contribution < -0.4 is 10.5 Å². The highest BCUT2D eigenvalue weighted by Gasteiger charge is 2.58. The maximum absolute atomic E-state index is 15.0. The van der Waals surface area contributed by atoms with Gasteiger partial charge < -0.3 is 15.4 Å². The van der Waals surface area contributed by atoms with Gasteiger partial charge in [0, 0.05) is 18.2 Å². The van der Waals surface area contributed by atoms with Crippen LogP contribution in [0.5, 0.6) is 5.75 Å². The van der Waals surface area contributed by atoms with Crippen molar-refractivity contribution in [3.63, 3.8) is 0 Å². The van der Waals surface area contributed by atoms with Crippen LogP contribution in [0.15, 0.2) is 36.5 Å². The number of nitrogens with zero attached hydrogens (tertiary/aromatic N) is 3. The van der Waals surface area contributed by atoms with Gasteiger partial charge in [-0.1, -0.05) is 12.5 Å². The summed E-state index contributed by atoms with van der Waals surface area (Å²) in [6, 6.07) is 6.42. The Morgan fingerprint density at radius 3 is 2.48 bits per heavy atom. The smallest absolute Gasteiger partial charge is 0.454 e. The number of ether oxygens (including phenoxy) is 1. The van der Waals surface area contributed by atoms with Crippen molar-refractivity contribution in [2.75, 3.05) is 26.2 Å². The standard InChI is InChI=1S/C27H30F6N4O3/c1-25(24(34)39)10-4-12-37(25)23(38)20-8-6-17(13-21(20)28)22-9-7-19(14-35-22)40-15-18-5-2-3-11-36(18)16-26(29,30)27(31,32)33/h6-9,13-14,18H,2-5,10-12,15-16H2,1H3,(H2,34,39)/t18?,25-/m0/s1. The second-order valence-electron chi connectivity index (χ2n) is 10.4. The van der Waals surface area contributed by atoms with Crippen LogP contribution in [0.2, 0.25) is 0 Å². The number of likely N-dealkylation sites (tertiary alicyclic amines) is 2. The van der Waals surface area contributed by atoms with Gasteiger partial charge in [-0.05, 0) is 63.4 Å². The van der Waals surface area contributed by atoms with E-state index in [0.717, 1.165) is 11.0 Å². The lowest BCUT2D eigenvalue weighted by molar-refractivity contribution is -0.288. The van der Waals surface area contributed by atoms with E-state index >= 15 is 0 Å². The van der Waals surface area contributed by atoms with Gasteiger partial charge in [0.1, 0.15) is 23.7 Å². The normalized spacial score (nSPS) is 22.4. The van der Waals surface area contributed by atoms with Crippen LogP contribution in [0.3, 0.4) is 0 Å². The number of carbonyl (C=O) groups is 2. The molecule has 1 unspecified atom stereocenters. The Morgan fingerprint density at radius 2 is 1.85 bits per heavy atom. The molecule has 4 rings (SSSR count). The highest BCUT2D eigenvalue weighted by molar-refractivity contribution is 5.99. The zero-order valence-corrected chi connectivity index (χ0v) is 21.8. The molecule has 1 aromatic carbocycles. The summed E-state index contributed by atoms with van der Waals surface area (Å²) in [5, 5.41) is 0. The van der Waals surface area contributed by atoms with E-state index in [1.807, 2.05) is 0 Å². The highest BCUT2D eigenvalue weighted by atomic mass is 19.4. The average molecular weight is 573 g/mol. The van der Waals surface area contributed by atoms with E-state index in [1.165, 1.54) is 35.4 Å². The first-order valence-electron chi connectivity index (χ1n) is 12.9. The number of aromatic nitrogens is 1. The first-order valence-corrected chi connectivity index (χ1v) is 12.9. The predicted octanol–water partition coefficient (Wildman–Crippen LogP) is 4.80. The molecule has 2 saturated heterocycles. The summed E-state index contributed by atoms with van der Waals surface area (Å²) in [6.07, 6.45) is -1.70. The van der Waals surface area contributed by atoms with Crippen molar-refractivity contribution in [1.29, 1.82) is 0 Å².